The van der Waals surface area contributed by atoms with E-state index in [1.165, 1.54) is 5.56 Å². The van der Waals surface area contributed by atoms with E-state index in [4.69, 9.17) is 14.3 Å². The molecule has 0 bridgehead atoms. The quantitative estimate of drug-likeness (QED) is 0.732. The summed E-state index contributed by atoms with van der Waals surface area (Å²) in [6.45, 7) is 2.07. The molecule has 2 aromatic rings. The highest BCUT2D eigenvalue weighted by molar-refractivity contribution is 5.83. The number of benzene rings is 1. The van der Waals surface area contributed by atoms with Gasteiger partial charge in [0.05, 0.1) is 7.11 Å². The fourth-order valence-corrected chi connectivity index (χ4v) is 1.35. The van der Waals surface area contributed by atoms with Gasteiger partial charge in [-0.15, -0.1) is 0 Å². The first-order valence-corrected chi connectivity index (χ1v) is 4.61. The third-order valence-corrected chi connectivity index (χ3v) is 2.06. The minimum Gasteiger partial charge on any atom is -0.481 e. The number of aryl methyl sites for hydroxylation is 1. The lowest BCUT2D eigenvalue weighted by molar-refractivity contribution is -0.191. The fraction of sp³-hybridized carbons (Fsp3) is 0.167. The zero-order chi connectivity index (χ0) is 12.0. The van der Waals surface area contributed by atoms with Gasteiger partial charge in [0.25, 0.3) is 0 Å². The van der Waals surface area contributed by atoms with Crippen molar-refractivity contribution in [2.45, 2.75) is 6.92 Å². The third kappa shape index (κ3) is 2.90. The van der Waals surface area contributed by atoms with Crippen LogP contribution in [0.5, 0.6) is 5.88 Å². The first-order valence-electron chi connectivity index (χ1n) is 4.61. The maximum absolute atomic E-state index is 8.12. The van der Waals surface area contributed by atoms with E-state index < -0.39 is 0 Å². The Morgan fingerprint density at radius 2 is 1.88 bits per heavy atom. The average molecular weight is 217 g/mol. The molecule has 0 spiro atoms. The first kappa shape index (κ1) is 11.9. The molecule has 2 rings (SSSR count). The normalized spacial score (nSPS) is 8.88. The Hall–Kier alpha value is -2.19. The standard InChI is InChI=1S/C11H11NO.CO2/c1-8-3-4-9-6-11(13-2)12-7-10(9)5-8;2-1-3/h3-7H,1-2H3;. The van der Waals surface area contributed by atoms with Crippen LogP contribution >= 0.6 is 0 Å². The summed E-state index contributed by atoms with van der Waals surface area (Å²) in [5.41, 5.74) is 1.25. The second-order valence-corrected chi connectivity index (χ2v) is 3.16. The molecule has 1 aromatic carbocycles. The number of pyridine rings is 1. The molecule has 4 nitrogen and oxygen atoms in total. The lowest BCUT2D eigenvalue weighted by Gasteiger charge is -2.01. The van der Waals surface area contributed by atoms with E-state index in [-0.39, 0.29) is 6.15 Å². The van der Waals surface area contributed by atoms with Crippen molar-refractivity contribution in [2.75, 3.05) is 7.11 Å². The molecule has 0 N–H and O–H groups in total. The molecular formula is C12H11NO3. The van der Waals surface area contributed by atoms with Gasteiger partial charge in [-0.2, -0.15) is 9.59 Å². The van der Waals surface area contributed by atoms with Crippen LogP contribution in [0.25, 0.3) is 10.8 Å². The zero-order valence-corrected chi connectivity index (χ0v) is 9.06. The van der Waals surface area contributed by atoms with Crippen molar-refractivity contribution in [1.82, 2.24) is 4.98 Å². The maximum Gasteiger partial charge on any atom is 0.373 e. The number of aromatic nitrogens is 1. The van der Waals surface area contributed by atoms with Crippen molar-refractivity contribution in [3.05, 3.63) is 36.0 Å². The molecule has 4 heteroatoms. The van der Waals surface area contributed by atoms with E-state index in [0.29, 0.717) is 5.88 Å². The summed E-state index contributed by atoms with van der Waals surface area (Å²) >= 11 is 0. The maximum atomic E-state index is 8.12. The van der Waals surface area contributed by atoms with E-state index >= 15 is 0 Å². The van der Waals surface area contributed by atoms with Crippen molar-refractivity contribution in [3.8, 4) is 5.88 Å². The first-order chi connectivity index (χ1) is 7.71. The molecular weight excluding hydrogens is 206 g/mol. The number of methoxy groups -OCH3 is 1. The SMILES string of the molecule is COc1cc2ccc(C)cc2cn1.O=C=O. The Morgan fingerprint density at radius 3 is 2.50 bits per heavy atom. The fourth-order valence-electron chi connectivity index (χ4n) is 1.35. The van der Waals surface area contributed by atoms with Crippen LogP contribution in [0, 0.1) is 6.92 Å². The molecule has 0 aliphatic heterocycles. The number of nitrogens with zero attached hydrogens (tertiary/aromatic N) is 1. The average Bonchev–Trinajstić information content (AvgIpc) is 2.29. The van der Waals surface area contributed by atoms with Crippen LogP contribution < -0.4 is 4.74 Å². The van der Waals surface area contributed by atoms with E-state index in [1.54, 1.807) is 7.11 Å². The van der Waals surface area contributed by atoms with E-state index in [1.807, 2.05) is 12.3 Å². The molecule has 0 aliphatic rings. The van der Waals surface area contributed by atoms with Gasteiger partial charge in [0.1, 0.15) is 0 Å². The number of carbonyl (C=O) groups excluding carboxylic acids is 2. The van der Waals surface area contributed by atoms with Gasteiger partial charge in [-0.25, -0.2) is 4.98 Å². The Kier molecular flexibility index (Phi) is 4.18. The van der Waals surface area contributed by atoms with Crippen LogP contribution in [-0.4, -0.2) is 18.2 Å². The minimum absolute atomic E-state index is 0.250. The van der Waals surface area contributed by atoms with Crippen LogP contribution in [-0.2, 0) is 9.59 Å². The molecule has 0 fully saturated rings. The number of fused-ring (bicyclic) bond motifs is 1. The lowest BCUT2D eigenvalue weighted by atomic mass is 10.1. The molecule has 1 aromatic heterocycles. The van der Waals surface area contributed by atoms with Crippen molar-refractivity contribution in [1.29, 1.82) is 0 Å². The predicted octanol–water partition coefficient (Wildman–Crippen LogP) is 1.97. The Morgan fingerprint density at radius 1 is 1.19 bits per heavy atom. The number of ether oxygens (including phenoxy) is 1. The van der Waals surface area contributed by atoms with Crippen LogP contribution in [0.2, 0.25) is 0 Å². The molecule has 16 heavy (non-hydrogen) atoms. The van der Waals surface area contributed by atoms with E-state index in [9.17, 15) is 0 Å². The summed E-state index contributed by atoms with van der Waals surface area (Å²) in [6, 6.07) is 8.22. The highest BCUT2D eigenvalue weighted by atomic mass is 16.5. The largest absolute Gasteiger partial charge is 0.481 e. The second kappa shape index (κ2) is 5.63. The molecule has 0 amide bonds. The van der Waals surface area contributed by atoms with Crippen molar-refractivity contribution in [3.63, 3.8) is 0 Å². The Bertz CT molecular complexity index is 517. The van der Waals surface area contributed by atoms with Gasteiger partial charge in [-0.3, -0.25) is 0 Å². The lowest BCUT2D eigenvalue weighted by Crippen LogP contribution is -1.86. The van der Waals surface area contributed by atoms with Crippen molar-refractivity contribution < 1.29 is 14.3 Å². The van der Waals surface area contributed by atoms with Gasteiger partial charge < -0.3 is 4.74 Å². The third-order valence-electron chi connectivity index (χ3n) is 2.06. The molecule has 82 valence electrons. The molecule has 0 radical (unpaired) electrons. The number of hydrogen-bond donors (Lipinski definition) is 0. The van der Waals surface area contributed by atoms with Gasteiger partial charge in [-0.05, 0) is 18.4 Å². The van der Waals surface area contributed by atoms with Gasteiger partial charge in [0.2, 0.25) is 5.88 Å². The van der Waals surface area contributed by atoms with Gasteiger partial charge in [-0.1, -0.05) is 17.7 Å². The summed E-state index contributed by atoms with van der Waals surface area (Å²) in [6.07, 6.45) is 2.08. The smallest absolute Gasteiger partial charge is 0.373 e. The second-order valence-electron chi connectivity index (χ2n) is 3.16. The number of hydrogen-bond acceptors (Lipinski definition) is 4. The zero-order valence-electron chi connectivity index (χ0n) is 9.06. The molecule has 0 saturated carbocycles. The van der Waals surface area contributed by atoms with Crippen molar-refractivity contribution in [2.24, 2.45) is 0 Å². The van der Waals surface area contributed by atoms with Gasteiger partial charge in [0, 0.05) is 17.6 Å². The molecule has 0 unspecified atom stereocenters. The van der Waals surface area contributed by atoms with Crippen LogP contribution in [0.15, 0.2) is 30.5 Å². The number of rotatable bonds is 1. The topological polar surface area (TPSA) is 56.3 Å². The monoisotopic (exact) mass is 217 g/mol. The molecule has 1 heterocycles. The Labute approximate surface area is 92.9 Å². The summed E-state index contributed by atoms with van der Waals surface area (Å²) in [4.78, 5) is 20.4. The van der Waals surface area contributed by atoms with Gasteiger partial charge in [0.15, 0.2) is 0 Å². The summed E-state index contributed by atoms with van der Waals surface area (Å²) in [5, 5.41) is 2.32. The van der Waals surface area contributed by atoms with Crippen LogP contribution in [0.3, 0.4) is 0 Å². The van der Waals surface area contributed by atoms with Gasteiger partial charge >= 0.3 is 6.15 Å². The van der Waals surface area contributed by atoms with E-state index in [2.05, 4.69) is 30.1 Å². The van der Waals surface area contributed by atoms with Crippen LogP contribution in [0.1, 0.15) is 5.56 Å². The Balaban J connectivity index is 0.000000386. The molecule has 0 aliphatic carbocycles. The summed E-state index contributed by atoms with van der Waals surface area (Å²) in [7, 11) is 1.63. The van der Waals surface area contributed by atoms with Crippen LogP contribution in [0.4, 0.5) is 0 Å². The van der Waals surface area contributed by atoms with Crippen molar-refractivity contribution >= 4 is 16.9 Å². The predicted molar refractivity (Wildman–Crippen MR) is 58.0 cm³/mol. The molecule has 0 atom stereocenters. The summed E-state index contributed by atoms with van der Waals surface area (Å²) in [5.74, 6) is 0.663. The highest BCUT2D eigenvalue weighted by Crippen LogP contribution is 2.18. The highest BCUT2D eigenvalue weighted by Gasteiger charge is 1.96. The minimum atomic E-state index is 0.250. The van der Waals surface area contributed by atoms with E-state index in [0.717, 1.165) is 10.8 Å². The molecule has 0 saturated heterocycles. The summed E-state index contributed by atoms with van der Waals surface area (Å²) < 4.78 is 5.04.